The molecule has 1 aliphatic carbocycles. The third kappa shape index (κ3) is 3.08. The Hall–Kier alpha value is -0.860. The Morgan fingerprint density at radius 2 is 2.00 bits per heavy atom. The van der Waals surface area contributed by atoms with E-state index >= 15 is 0 Å². The van der Waals surface area contributed by atoms with Crippen molar-refractivity contribution in [1.29, 1.82) is 0 Å². The maximum absolute atomic E-state index is 5.66. The molecule has 1 aromatic carbocycles. The molecule has 1 fully saturated rings. The van der Waals surface area contributed by atoms with E-state index in [9.17, 15) is 0 Å². The van der Waals surface area contributed by atoms with Crippen LogP contribution in [-0.4, -0.2) is 18.0 Å². The SMILES string of the molecule is Cc1cc(CN)ccc1CN(C)C1CCCC1. The zero-order chi connectivity index (χ0) is 12.3. The number of aryl methyl sites for hydroxylation is 1. The topological polar surface area (TPSA) is 29.3 Å². The van der Waals surface area contributed by atoms with E-state index in [0.29, 0.717) is 6.54 Å². The highest BCUT2D eigenvalue weighted by atomic mass is 15.1. The van der Waals surface area contributed by atoms with Crippen LogP contribution in [0.4, 0.5) is 0 Å². The van der Waals surface area contributed by atoms with Gasteiger partial charge in [0.15, 0.2) is 0 Å². The van der Waals surface area contributed by atoms with E-state index in [0.717, 1.165) is 12.6 Å². The predicted molar refractivity (Wildman–Crippen MR) is 72.8 cm³/mol. The molecule has 2 nitrogen and oxygen atoms in total. The van der Waals surface area contributed by atoms with Gasteiger partial charge in [0, 0.05) is 19.1 Å². The van der Waals surface area contributed by atoms with Crippen molar-refractivity contribution in [3.63, 3.8) is 0 Å². The van der Waals surface area contributed by atoms with Gasteiger partial charge in [-0.1, -0.05) is 31.0 Å². The lowest BCUT2D eigenvalue weighted by Gasteiger charge is -2.25. The third-order valence-corrected chi connectivity index (χ3v) is 4.01. The average molecular weight is 232 g/mol. The van der Waals surface area contributed by atoms with E-state index in [1.54, 1.807) is 0 Å². The Morgan fingerprint density at radius 3 is 2.59 bits per heavy atom. The number of hydrogen-bond donors (Lipinski definition) is 1. The molecule has 1 aromatic rings. The monoisotopic (exact) mass is 232 g/mol. The molecule has 0 unspecified atom stereocenters. The van der Waals surface area contributed by atoms with E-state index in [1.165, 1.54) is 42.4 Å². The fourth-order valence-corrected chi connectivity index (χ4v) is 2.81. The maximum atomic E-state index is 5.66. The number of nitrogens with two attached hydrogens (primary N) is 1. The molecule has 0 radical (unpaired) electrons. The van der Waals surface area contributed by atoms with Gasteiger partial charge in [-0.05, 0) is 43.5 Å². The highest BCUT2D eigenvalue weighted by molar-refractivity contribution is 5.31. The summed E-state index contributed by atoms with van der Waals surface area (Å²) in [6.45, 7) is 3.90. The van der Waals surface area contributed by atoms with Gasteiger partial charge in [-0.2, -0.15) is 0 Å². The lowest BCUT2D eigenvalue weighted by Crippen LogP contribution is -2.28. The average Bonchev–Trinajstić information content (AvgIpc) is 2.85. The second-order valence-corrected chi connectivity index (χ2v) is 5.32. The third-order valence-electron chi connectivity index (χ3n) is 4.01. The highest BCUT2D eigenvalue weighted by Crippen LogP contribution is 2.24. The summed E-state index contributed by atoms with van der Waals surface area (Å²) in [6, 6.07) is 7.41. The zero-order valence-corrected chi connectivity index (χ0v) is 11.1. The largest absolute Gasteiger partial charge is 0.326 e. The molecule has 0 aliphatic heterocycles. The van der Waals surface area contributed by atoms with E-state index in [4.69, 9.17) is 5.73 Å². The summed E-state index contributed by atoms with van der Waals surface area (Å²) >= 11 is 0. The molecule has 2 N–H and O–H groups in total. The molecule has 0 spiro atoms. The van der Waals surface area contributed by atoms with Gasteiger partial charge in [-0.25, -0.2) is 0 Å². The van der Waals surface area contributed by atoms with Crippen molar-refractivity contribution >= 4 is 0 Å². The molecule has 0 aromatic heterocycles. The lowest BCUT2D eigenvalue weighted by molar-refractivity contribution is 0.237. The summed E-state index contributed by atoms with van der Waals surface area (Å²) in [5.41, 5.74) is 9.70. The van der Waals surface area contributed by atoms with Gasteiger partial charge in [0.25, 0.3) is 0 Å². The molecule has 0 atom stereocenters. The molecule has 1 aliphatic rings. The van der Waals surface area contributed by atoms with Gasteiger partial charge in [-0.15, -0.1) is 0 Å². The molecule has 0 heterocycles. The Balaban J connectivity index is 2.02. The van der Waals surface area contributed by atoms with Gasteiger partial charge in [0.05, 0.1) is 0 Å². The van der Waals surface area contributed by atoms with Crippen LogP contribution < -0.4 is 5.73 Å². The zero-order valence-electron chi connectivity index (χ0n) is 11.1. The minimum absolute atomic E-state index is 0.638. The predicted octanol–water partition coefficient (Wildman–Crippen LogP) is 2.83. The molecule has 2 heteroatoms. The summed E-state index contributed by atoms with van der Waals surface area (Å²) in [7, 11) is 2.26. The summed E-state index contributed by atoms with van der Waals surface area (Å²) in [5, 5.41) is 0. The Morgan fingerprint density at radius 1 is 1.29 bits per heavy atom. The van der Waals surface area contributed by atoms with Crippen molar-refractivity contribution in [2.75, 3.05) is 7.05 Å². The molecular weight excluding hydrogens is 208 g/mol. The van der Waals surface area contributed by atoms with Crippen LogP contribution in [0, 0.1) is 6.92 Å². The van der Waals surface area contributed by atoms with Crippen molar-refractivity contribution < 1.29 is 0 Å². The fourth-order valence-electron chi connectivity index (χ4n) is 2.81. The van der Waals surface area contributed by atoms with Gasteiger partial charge >= 0.3 is 0 Å². The molecule has 1 saturated carbocycles. The summed E-state index contributed by atoms with van der Waals surface area (Å²) < 4.78 is 0. The first-order chi connectivity index (χ1) is 8.20. The number of rotatable bonds is 4. The lowest BCUT2D eigenvalue weighted by atomic mass is 10.0. The Kier molecular flexibility index (Phi) is 4.19. The van der Waals surface area contributed by atoms with Crippen molar-refractivity contribution in [3.8, 4) is 0 Å². The van der Waals surface area contributed by atoms with E-state index < -0.39 is 0 Å². The minimum Gasteiger partial charge on any atom is -0.326 e. The number of nitrogens with zero attached hydrogens (tertiary/aromatic N) is 1. The van der Waals surface area contributed by atoms with Crippen LogP contribution in [0.1, 0.15) is 42.4 Å². The highest BCUT2D eigenvalue weighted by Gasteiger charge is 2.19. The molecule has 0 amide bonds. The summed E-state index contributed by atoms with van der Waals surface area (Å²) in [6.07, 6.45) is 5.55. The van der Waals surface area contributed by atoms with Crippen molar-refractivity contribution in [2.24, 2.45) is 5.73 Å². The summed E-state index contributed by atoms with van der Waals surface area (Å²) in [5.74, 6) is 0. The maximum Gasteiger partial charge on any atom is 0.0236 e. The van der Waals surface area contributed by atoms with Crippen molar-refractivity contribution in [2.45, 2.75) is 51.7 Å². The second-order valence-electron chi connectivity index (χ2n) is 5.32. The standard InChI is InChI=1S/C15H24N2/c1-12-9-13(10-16)7-8-14(12)11-17(2)15-5-3-4-6-15/h7-9,15H,3-6,10-11,16H2,1-2H3. The molecule has 94 valence electrons. The second kappa shape index (κ2) is 5.65. The summed E-state index contributed by atoms with van der Waals surface area (Å²) in [4.78, 5) is 2.51. The number of hydrogen-bond acceptors (Lipinski definition) is 2. The van der Waals surface area contributed by atoms with Crippen LogP contribution in [0.3, 0.4) is 0 Å². The molecular formula is C15H24N2. The van der Waals surface area contributed by atoms with Crippen LogP contribution in [0.25, 0.3) is 0 Å². The van der Waals surface area contributed by atoms with Crippen LogP contribution in [0.5, 0.6) is 0 Å². The van der Waals surface area contributed by atoms with E-state index in [-0.39, 0.29) is 0 Å². The van der Waals surface area contributed by atoms with Crippen LogP contribution in [-0.2, 0) is 13.1 Å². The Labute approximate surface area is 105 Å². The van der Waals surface area contributed by atoms with Gasteiger partial charge in [-0.3, -0.25) is 4.90 Å². The van der Waals surface area contributed by atoms with Crippen LogP contribution in [0.2, 0.25) is 0 Å². The van der Waals surface area contributed by atoms with Crippen LogP contribution in [0.15, 0.2) is 18.2 Å². The normalized spacial score (nSPS) is 16.9. The molecule has 2 rings (SSSR count). The van der Waals surface area contributed by atoms with Gasteiger partial charge < -0.3 is 5.73 Å². The Bertz CT molecular complexity index is 367. The van der Waals surface area contributed by atoms with Gasteiger partial charge in [0.2, 0.25) is 0 Å². The smallest absolute Gasteiger partial charge is 0.0236 e. The van der Waals surface area contributed by atoms with E-state index in [1.807, 2.05) is 0 Å². The molecule has 0 bridgehead atoms. The number of benzene rings is 1. The molecule has 17 heavy (non-hydrogen) atoms. The fraction of sp³-hybridized carbons (Fsp3) is 0.600. The first kappa shape index (κ1) is 12.6. The van der Waals surface area contributed by atoms with Crippen molar-refractivity contribution in [3.05, 3.63) is 34.9 Å². The molecule has 0 saturated heterocycles. The van der Waals surface area contributed by atoms with Gasteiger partial charge in [0.1, 0.15) is 0 Å². The first-order valence-corrected chi connectivity index (χ1v) is 6.69. The quantitative estimate of drug-likeness (QED) is 0.865. The van der Waals surface area contributed by atoms with E-state index in [2.05, 4.69) is 37.1 Å². The minimum atomic E-state index is 0.638. The van der Waals surface area contributed by atoms with Crippen molar-refractivity contribution in [1.82, 2.24) is 4.90 Å². The van der Waals surface area contributed by atoms with Crippen LogP contribution >= 0.6 is 0 Å². The first-order valence-electron chi connectivity index (χ1n) is 6.69.